The van der Waals surface area contributed by atoms with Crippen molar-refractivity contribution in [2.75, 3.05) is 31.2 Å². The molecule has 0 atom stereocenters. The highest BCUT2D eigenvalue weighted by molar-refractivity contribution is 7.13. The molecule has 0 spiro atoms. The molecule has 5 heterocycles. The number of fused-ring (bicyclic) bond motifs is 1. The molecule has 33 heavy (non-hydrogen) atoms. The quantitative estimate of drug-likeness (QED) is 0.468. The third kappa shape index (κ3) is 4.46. The Labute approximate surface area is 196 Å². The number of nitrogens with one attached hydrogen (secondary N) is 1. The molecule has 1 aliphatic heterocycles. The number of morpholine rings is 1. The van der Waals surface area contributed by atoms with Crippen LogP contribution in [-0.2, 0) is 11.3 Å². The zero-order valence-electron chi connectivity index (χ0n) is 18.7. The van der Waals surface area contributed by atoms with Crippen LogP contribution in [0.15, 0.2) is 48.1 Å². The molecule has 5 rings (SSSR count). The number of anilines is 1. The Morgan fingerprint density at radius 1 is 1.21 bits per heavy atom. The van der Waals surface area contributed by atoms with Gasteiger partial charge in [0.2, 0.25) is 0 Å². The molecule has 1 aliphatic rings. The minimum atomic E-state index is -0.152. The highest BCUT2D eigenvalue weighted by atomic mass is 32.1. The first-order valence-electron chi connectivity index (χ1n) is 11.1. The largest absolute Gasteiger partial charge is 0.378 e. The number of nitrogens with zero attached hydrogens (tertiary/aromatic N) is 5. The van der Waals surface area contributed by atoms with Crippen LogP contribution in [0.2, 0.25) is 0 Å². The minimum Gasteiger partial charge on any atom is -0.378 e. The maximum absolute atomic E-state index is 13.2. The van der Waals surface area contributed by atoms with E-state index < -0.39 is 0 Å². The van der Waals surface area contributed by atoms with E-state index >= 15 is 0 Å². The summed E-state index contributed by atoms with van der Waals surface area (Å²) < 4.78 is 7.26. The van der Waals surface area contributed by atoms with Gasteiger partial charge in [0.05, 0.1) is 40.9 Å². The number of amides is 1. The first-order chi connectivity index (χ1) is 16.1. The van der Waals surface area contributed by atoms with E-state index in [1.54, 1.807) is 17.5 Å². The monoisotopic (exact) mass is 462 g/mol. The Bertz CT molecular complexity index is 1240. The van der Waals surface area contributed by atoms with Crippen LogP contribution in [-0.4, -0.2) is 52.0 Å². The van der Waals surface area contributed by atoms with Gasteiger partial charge in [-0.2, -0.15) is 5.10 Å². The molecule has 0 bridgehead atoms. The first-order valence-corrected chi connectivity index (χ1v) is 12.0. The topological polar surface area (TPSA) is 85.2 Å². The second kappa shape index (κ2) is 9.29. The lowest BCUT2D eigenvalue weighted by molar-refractivity contribution is 0.0952. The van der Waals surface area contributed by atoms with Crippen molar-refractivity contribution >= 4 is 34.1 Å². The summed E-state index contributed by atoms with van der Waals surface area (Å²) in [6.45, 7) is 7.64. The number of ether oxygens (including phenoxy) is 1. The number of rotatable bonds is 6. The van der Waals surface area contributed by atoms with E-state index in [4.69, 9.17) is 9.72 Å². The van der Waals surface area contributed by atoms with Crippen LogP contribution in [0.5, 0.6) is 0 Å². The molecule has 9 heteroatoms. The molecule has 0 unspecified atom stereocenters. The van der Waals surface area contributed by atoms with Gasteiger partial charge >= 0.3 is 0 Å². The summed E-state index contributed by atoms with van der Waals surface area (Å²) in [5, 5.41) is 10.3. The molecule has 0 radical (unpaired) electrons. The summed E-state index contributed by atoms with van der Waals surface area (Å²) in [5.74, 6) is 0.784. The fourth-order valence-corrected chi connectivity index (χ4v) is 4.60. The van der Waals surface area contributed by atoms with Crippen LogP contribution in [0, 0.1) is 0 Å². The molecule has 1 amide bonds. The standard InChI is InChI=1S/C24H26N6O2S/c1-16(2)30-23-19(15-27-30)18(12-20(28-23)21-4-3-11-33-21)24(31)26-14-17-5-6-22(25-13-17)29-7-9-32-10-8-29/h3-6,11-13,15-16H,7-10,14H2,1-2H3,(H,26,31). The zero-order chi connectivity index (χ0) is 22.8. The molecular weight excluding hydrogens is 436 g/mol. The Morgan fingerprint density at radius 2 is 2.06 bits per heavy atom. The fourth-order valence-electron chi connectivity index (χ4n) is 3.91. The van der Waals surface area contributed by atoms with Gasteiger partial charge in [-0.15, -0.1) is 11.3 Å². The maximum Gasteiger partial charge on any atom is 0.252 e. The van der Waals surface area contributed by atoms with Gasteiger partial charge in [0.25, 0.3) is 5.91 Å². The number of carbonyl (C=O) groups is 1. The van der Waals surface area contributed by atoms with Crippen molar-refractivity contribution in [3.63, 3.8) is 0 Å². The van der Waals surface area contributed by atoms with Crippen molar-refractivity contribution < 1.29 is 9.53 Å². The molecule has 8 nitrogen and oxygen atoms in total. The van der Waals surface area contributed by atoms with Crippen molar-refractivity contribution in [1.29, 1.82) is 0 Å². The highest BCUT2D eigenvalue weighted by Gasteiger charge is 2.19. The van der Waals surface area contributed by atoms with Gasteiger partial charge in [-0.05, 0) is 43.0 Å². The highest BCUT2D eigenvalue weighted by Crippen LogP contribution is 2.29. The summed E-state index contributed by atoms with van der Waals surface area (Å²) in [7, 11) is 0. The summed E-state index contributed by atoms with van der Waals surface area (Å²) >= 11 is 1.60. The molecule has 0 saturated carbocycles. The minimum absolute atomic E-state index is 0.139. The zero-order valence-corrected chi connectivity index (χ0v) is 19.5. The maximum atomic E-state index is 13.2. The van der Waals surface area contributed by atoms with E-state index in [-0.39, 0.29) is 11.9 Å². The average Bonchev–Trinajstić information content (AvgIpc) is 3.53. The van der Waals surface area contributed by atoms with Gasteiger partial charge in [0.1, 0.15) is 5.82 Å². The normalized spacial score (nSPS) is 14.2. The van der Waals surface area contributed by atoms with Crippen molar-refractivity contribution in [3.8, 4) is 10.6 Å². The number of aromatic nitrogens is 4. The molecule has 1 N–H and O–H groups in total. The SMILES string of the molecule is CC(C)n1ncc2c(C(=O)NCc3ccc(N4CCOCC4)nc3)cc(-c3cccs3)nc21. The molecule has 0 aliphatic carbocycles. The summed E-state index contributed by atoms with van der Waals surface area (Å²) in [4.78, 5) is 25.8. The van der Waals surface area contributed by atoms with Gasteiger partial charge in [-0.25, -0.2) is 14.6 Å². The Balaban J connectivity index is 1.38. The molecule has 1 fully saturated rings. The van der Waals surface area contributed by atoms with Gasteiger partial charge < -0.3 is 15.0 Å². The molecule has 4 aromatic heterocycles. The first kappa shape index (κ1) is 21.5. The smallest absolute Gasteiger partial charge is 0.252 e. The van der Waals surface area contributed by atoms with Gasteiger partial charge in [0, 0.05) is 31.9 Å². The van der Waals surface area contributed by atoms with E-state index in [1.165, 1.54) is 0 Å². The fraction of sp³-hybridized carbons (Fsp3) is 0.333. The average molecular weight is 463 g/mol. The molecule has 1 saturated heterocycles. The summed E-state index contributed by atoms with van der Waals surface area (Å²) in [5.41, 5.74) is 3.02. The van der Waals surface area contributed by atoms with Crippen LogP contribution >= 0.6 is 11.3 Å². The van der Waals surface area contributed by atoms with Crippen LogP contribution in [0.25, 0.3) is 21.6 Å². The summed E-state index contributed by atoms with van der Waals surface area (Å²) in [6.07, 6.45) is 3.55. The third-order valence-corrected chi connectivity index (χ3v) is 6.56. The lowest BCUT2D eigenvalue weighted by Gasteiger charge is -2.27. The van der Waals surface area contributed by atoms with Crippen LogP contribution in [0.3, 0.4) is 0 Å². The van der Waals surface area contributed by atoms with Crippen LogP contribution in [0.4, 0.5) is 5.82 Å². The number of hydrogen-bond donors (Lipinski definition) is 1. The number of carbonyl (C=O) groups excluding carboxylic acids is 1. The molecule has 0 aromatic carbocycles. The third-order valence-electron chi connectivity index (χ3n) is 5.67. The van der Waals surface area contributed by atoms with Crippen molar-refractivity contribution in [3.05, 3.63) is 59.2 Å². The lowest BCUT2D eigenvalue weighted by atomic mass is 10.1. The molecule has 170 valence electrons. The van der Waals surface area contributed by atoms with Crippen molar-refractivity contribution in [2.24, 2.45) is 0 Å². The van der Waals surface area contributed by atoms with Gasteiger partial charge in [-0.1, -0.05) is 12.1 Å². The number of thiophene rings is 1. The van der Waals surface area contributed by atoms with Crippen LogP contribution < -0.4 is 10.2 Å². The van der Waals surface area contributed by atoms with Crippen molar-refractivity contribution in [1.82, 2.24) is 25.1 Å². The Morgan fingerprint density at radius 3 is 2.76 bits per heavy atom. The Kier molecular flexibility index (Phi) is 6.06. The lowest BCUT2D eigenvalue weighted by Crippen LogP contribution is -2.36. The van der Waals surface area contributed by atoms with Crippen LogP contribution in [0.1, 0.15) is 35.8 Å². The molecule has 4 aromatic rings. The van der Waals surface area contributed by atoms with Crippen molar-refractivity contribution in [2.45, 2.75) is 26.4 Å². The van der Waals surface area contributed by atoms with E-state index in [0.717, 1.165) is 59.3 Å². The van der Waals surface area contributed by atoms with Gasteiger partial charge in [-0.3, -0.25) is 4.79 Å². The predicted octanol–water partition coefficient (Wildman–Crippen LogP) is 3.90. The van der Waals surface area contributed by atoms with E-state index in [1.807, 2.05) is 46.6 Å². The number of hydrogen-bond acceptors (Lipinski definition) is 7. The van der Waals surface area contributed by atoms with Gasteiger partial charge in [0.15, 0.2) is 5.65 Å². The summed E-state index contributed by atoms with van der Waals surface area (Å²) in [6, 6.07) is 10.0. The Hall–Kier alpha value is -3.30. The molecular formula is C24H26N6O2S. The second-order valence-corrected chi connectivity index (χ2v) is 9.21. The van der Waals surface area contributed by atoms with E-state index in [2.05, 4.69) is 34.1 Å². The predicted molar refractivity (Wildman–Crippen MR) is 130 cm³/mol. The van der Waals surface area contributed by atoms with E-state index in [9.17, 15) is 4.79 Å². The number of pyridine rings is 2. The van der Waals surface area contributed by atoms with E-state index in [0.29, 0.717) is 12.1 Å². The second-order valence-electron chi connectivity index (χ2n) is 8.26.